The van der Waals surface area contributed by atoms with E-state index in [0.29, 0.717) is 0 Å². The first-order valence-corrected chi connectivity index (χ1v) is 5.38. The van der Waals surface area contributed by atoms with E-state index >= 15 is 0 Å². The summed E-state index contributed by atoms with van der Waals surface area (Å²) in [5, 5.41) is -1.03. The van der Waals surface area contributed by atoms with Gasteiger partial charge >= 0.3 is 18.3 Å². The average molecular weight is 322 g/mol. The number of aromatic nitrogens is 1. The van der Waals surface area contributed by atoms with Gasteiger partial charge in [-0.05, 0) is 13.0 Å². The van der Waals surface area contributed by atoms with Crippen LogP contribution in [0.15, 0.2) is 6.07 Å². The molecule has 0 unspecified atom stereocenters. The van der Waals surface area contributed by atoms with Crippen LogP contribution in [-0.4, -0.2) is 17.6 Å². The lowest BCUT2D eigenvalue weighted by atomic mass is 10.1. The Hall–Kier alpha value is -1.51. The van der Waals surface area contributed by atoms with Crippen molar-refractivity contribution in [3.63, 3.8) is 0 Å². The van der Waals surface area contributed by atoms with Gasteiger partial charge in [-0.3, -0.25) is 0 Å². The highest BCUT2D eigenvalue weighted by Crippen LogP contribution is 2.39. The molecule has 0 aliphatic heterocycles. The van der Waals surface area contributed by atoms with Gasteiger partial charge in [0.2, 0.25) is 0 Å². The molecule has 0 aliphatic rings. The number of halogens is 7. The lowest BCUT2D eigenvalue weighted by molar-refractivity contribution is -0.146. The van der Waals surface area contributed by atoms with E-state index in [2.05, 4.69) is 9.72 Å². The summed E-state index contributed by atoms with van der Waals surface area (Å²) in [5.74, 6) is -1.77. The first-order valence-electron chi connectivity index (χ1n) is 5.00. The second-order valence-electron chi connectivity index (χ2n) is 3.43. The molecule has 0 aromatic carbocycles. The van der Waals surface area contributed by atoms with Crippen molar-refractivity contribution in [2.45, 2.75) is 19.3 Å². The van der Waals surface area contributed by atoms with Crippen LogP contribution in [-0.2, 0) is 17.1 Å². The number of alkyl halides is 6. The second-order valence-corrected chi connectivity index (χ2v) is 3.82. The molecule has 112 valence electrons. The van der Waals surface area contributed by atoms with Crippen LogP contribution in [0.1, 0.15) is 28.5 Å². The maximum atomic E-state index is 12.7. The minimum Gasteiger partial charge on any atom is -0.462 e. The highest BCUT2D eigenvalue weighted by Gasteiger charge is 2.45. The van der Waals surface area contributed by atoms with Crippen molar-refractivity contribution in [1.29, 1.82) is 0 Å². The first kappa shape index (κ1) is 16.5. The zero-order valence-electron chi connectivity index (χ0n) is 9.69. The van der Waals surface area contributed by atoms with E-state index in [-0.39, 0.29) is 6.07 Å². The van der Waals surface area contributed by atoms with Gasteiger partial charge < -0.3 is 4.74 Å². The van der Waals surface area contributed by atoms with E-state index < -0.39 is 46.9 Å². The monoisotopic (exact) mass is 321 g/mol. The van der Waals surface area contributed by atoms with Gasteiger partial charge in [-0.1, -0.05) is 11.6 Å². The number of carbonyl (C=O) groups is 1. The summed E-state index contributed by atoms with van der Waals surface area (Å²) in [5.41, 5.74) is -5.57. The van der Waals surface area contributed by atoms with Crippen molar-refractivity contribution in [2.75, 3.05) is 6.61 Å². The number of esters is 1. The molecule has 0 fully saturated rings. The van der Waals surface area contributed by atoms with Gasteiger partial charge in [0, 0.05) is 0 Å². The van der Waals surface area contributed by atoms with Crippen LogP contribution in [0, 0.1) is 0 Å². The van der Waals surface area contributed by atoms with Crippen LogP contribution in [0.2, 0.25) is 5.15 Å². The third kappa shape index (κ3) is 3.53. The van der Waals surface area contributed by atoms with Crippen molar-refractivity contribution in [3.05, 3.63) is 28.0 Å². The Kier molecular flexibility index (Phi) is 4.52. The van der Waals surface area contributed by atoms with E-state index in [1.54, 1.807) is 0 Å². The summed E-state index contributed by atoms with van der Waals surface area (Å²) in [6, 6.07) is 0.142. The maximum Gasteiger partial charge on any atom is 0.434 e. The van der Waals surface area contributed by atoms with Gasteiger partial charge in [-0.2, -0.15) is 26.3 Å². The van der Waals surface area contributed by atoms with Crippen molar-refractivity contribution < 1.29 is 35.9 Å². The molecule has 0 N–H and O–H groups in total. The topological polar surface area (TPSA) is 39.2 Å². The average Bonchev–Trinajstić information content (AvgIpc) is 2.25. The standard InChI is InChI=1S/C10H6ClF6NO2/c1-2-20-8(19)6-4(9(12,13)14)3-5(11)18-7(6)10(15,16)17/h3H,2H2,1H3. The van der Waals surface area contributed by atoms with Crippen molar-refractivity contribution in [3.8, 4) is 0 Å². The molecule has 0 amide bonds. The number of hydrogen-bond acceptors (Lipinski definition) is 3. The molecule has 3 nitrogen and oxygen atoms in total. The second kappa shape index (κ2) is 5.47. The van der Waals surface area contributed by atoms with E-state index in [4.69, 9.17) is 11.6 Å². The van der Waals surface area contributed by atoms with E-state index in [1.807, 2.05) is 0 Å². The van der Waals surface area contributed by atoms with Crippen molar-refractivity contribution in [1.82, 2.24) is 4.98 Å². The summed E-state index contributed by atoms with van der Waals surface area (Å²) in [6.45, 7) is 0.845. The van der Waals surface area contributed by atoms with Crippen LogP contribution in [0.4, 0.5) is 26.3 Å². The molecule has 1 rings (SSSR count). The normalized spacial score (nSPS) is 12.4. The Bertz CT molecular complexity index is 490. The molecule has 1 heterocycles. The molecule has 0 atom stereocenters. The molecule has 10 heteroatoms. The van der Waals surface area contributed by atoms with Crippen LogP contribution in [0.25, 0.3) is 0 Å². The fourth-order valence-corrected chi connectivity index (χ4v) is 1.55. The lowest BCUT2D eigenvalue weighted by Crippen LogP contribution is -2.23. The Morgan fingerprint density at radius 2 is 1.80 bits per heavy atom. The lowest BCUT2D eigenvalue weighted by Gasteiger charge is -2.17. The smallest absolute Gasteiger partial charge is 0.434 e. The minimum absolute atomic E-state index is 0.142. The zero-order chi connectivity index (χ0) is 15.7. The predicted molar refractivity (Wildman–Crippen MR) is 55.2 cm³/mol. The molecule has 0 spiro atoms. The quantitative estimate of drug-likeness (QED) is 0.470. The van der Waals surface area contributed by atoms with Crippen LogP contribution in [0.5, 0.6) is 0 Å². The summed E-state index contributed by atoms with van der Waals surface area (Å²) in [4.78, 5) is 14.1. The third-order valence-electron chi connectivity index (χ3n) is 2.04. The van der Waals surface area contributed by atoms with Gasteiger partial charge in [-0.15, -0.1) is 0 Å². The van der Waals surface area contributed by atoms with Crippen molar-refractivity contribution in [2.24, 2.45) is 0 Å². The van der Waals surface area contributed by atoms with Gasteiger partial charge in [0.15, 0.2) is 5.69 Å². The van der Waals surface area contributed by atoms with Crippen LogP contribution >= 0.6 is 11.6 Å². The summed E-state index contributed by atoms with van der Waals surface area (Å²) in [6.07, 6.45) is -10.5. The molecule has 0 aliphatic carbocycles. The summed E-state index contributed by atoms with van der Waals surface area (Å²) < 4.78 is 80.5. The molecule has 0 radical (unpaired) electrons. The molecule has 0 bridgehead atoms. The molecule has 1 aromatic rings. The van der Waals surface area contributed by atoms with Gasteiger partial charge in [0.05, 0.1) is 12.2 Å². The fraction of sp³-hybridized carbons (Fsp3) is 0.400. The highest BCUT2D eigenvalue weighted by atomic mass is 35.5. The number of carbonyl (C=O) groups excluding carboxylic acids is 1. The Morgan fingerprint density at radius 1 is 1.25 bits per heavy atom. The number of pyridine rings is 1. The molecular weight excluding hydrogens is 316 g/mol. The Balaban J connectivity index is 3.68. The summed E-state index contributed by atoms with van der Waals surface area (Å²) >= 11 is 5.15. The Morgan fingerprint density at radius 3 is 2.20 bits per heavy atom. The first-order chi connectivity index (χ1) is 8.98. The molecule has 0 saturated carbocycles. The van der Waals surface area contributed by atoms with E-state index in [9.17, 15) is 31.1 Å². The molecule has 0 saturated heterocycles. The van der Waals surface area contributed by atoms with Crippen LogP contribution < -0.4 is 0 Å². The molecular formula is C10H6ClF6NO2. The van der Waals surface area contributed by atoms with Gasteiger partial charge in [0.25, 0.3) is 0 Å². The third-order valence-corrected chi connectivity index (χ3v) is 2.24. The maximum absolute atomic E-state index is 12.7. The SMILES string of the molecule is CCOC(=O)c1c(C(F)(F)F)cc(Cl)nc1C(F)(F)F. The summed E-state index contributed by atoms with van der Waals surface area (Å²) in [7, 11) is 0. The van der Waals surface area contributed by atoms with E-state index in [1.165, 1.54) is 6.92 Å². The van der Waals surface area contributed by atoms with Crippen molar-refractivity contribution >= 4 is 17.6 Å². The fourth-order valence-electron chi connectivity index (χ4n) is 1.35. The number of nitrogens with zero attached hydrogens (tertiary/aromatic N) is 1. The largest absolute Gasteiger partial charge is 0.462 e. The van der Waals surface area contributed by atoms with Gasteiger partial charge in [0.1, 0.15) is 10.7 Å². The number of rotatable bonds is 2. The molecule has 20 heavy (non-hydrogen) atoms. The number of ether oxygens (including phenoxy) is 1. The molecule has 1 aromatic heterocycles. The van der Waals surface area contributed by atoms with Crippen LogP contribution in [0.3, 0.4) is 0 Å². The predicted octanol–water partition coefficient (Wildman–Crippen LogP) is 3.95. The zero-order valence-corrected chi connectivity index (χ0v) is 10.4. The van der Waals surface area contributed by atoms with Gasteiger partial charge in [-0.25, -0.2) is 9.78 Å². The minimum atomic E-state index is -5.28. The van der Waals surface area contributed by atoms with E-state index in [0.717, 1.165) is 0 Å². The Labute approximate surface area is 113 Å². The number of hydrogen-bond donors (Lipinski definition) is 0. The highest BCUT2D eigenvalue weighted by molar-refractivity contribution is 6.29.